The van der Waals surface area contributed by atoms with Gasteiger partial charge in [-0.2, -0.15) is 0 Å². The third-order valence-electron chi connectivity index (χ3n) is 10.9. The summed E-state index contributed by atoms with van der Waals surface area (Å²) in [6.45, 7) is 0. The lowest BCUT2D eigenvalue weighted by Gasteiger charge is -2.27. The minimum absolute atomic E-state index is 1.11. The Morgan fingerprint density at radius 2 is 0.836 bits per heavy atom. The van der Waals surface area contributed by atoms with Crippen LogP contribution in [-0.4, -0.2) is 0 Å². The summed E-state index contributed by atoms with van der Waals surface area (Å²) in [6, 6.07) is 73.5. The molecule has 0 aliphatic heterocycles. The standard InChI is InChI=1S/C52H33NS2/c1-2-17-42-34(11-1)12-9-20-43(42)35-25-28-39(29-26-35)53(40-15-7-13-36(31-40)37-27-30-46-45-18-3-5-22-48(45)55-51(46)33-37)41-16-8-14-38(32-41)44-21-10-24-50-52(44)47-19-4-6-23-49(47)54-50/h1-33H. The number of rotatable bonds is 6. The molecular weight excluding hydrogens is 703 g/mol. The zero-order chi connectivity index (χ0) is 36.3. The summed E-state index contributed by atoms with van der Waals surface area (Å²) in [5.74, 6) is 0. The van der Waals surface area contributed by atoms with Crippen LogP contribution in [0.1, 0.15) is 0 Å². The highest BCUT2D eigenvalue weighted by Gasteiger charge is 2.17. The Balaban J connectivity index is 1.06. The summed E-state index contributed by atoms with van der Waals surface area (Å²) < 4.78 is 5.27. The van der Waals surface area contributed by atoms with Gasteiger partial charge in [0, 0.05) is 57.4 Å². The Hall–Kier alpha value is -6.52. The maximum atomic E-state index is 2.41. The van der Waals surface area contributed by atoms with Crippen LogP contribution in [0, 0.1) is 0 Å². The molecule has 0 atom stereocenters. The predicted molar refractivity (Wildman–Crippen MR) is 241 cm³/mol. The van der Waals surface area contributed by atoms with Crippen LogP contribution in [0.15, 0.2) is 200 Å². The first-order valence-electron chi connectivity index (χ1n) is 18.7. The first-order valence-corrected chi connectivity index (χ1v) is 20.3. The van der Waals surface area contributed by atoms with E-state index >= 15 is 0 Å². The molecule has 2 heterocycles. The Labute approximate surface area is 327 Å². The summed E-state index contributed by atoms with van der Waals surface area (Å²) in [7, 11) is 0. The first kappa shape index (κ1) is 32.0. The molecule has 0 saturated heterocycles. The van der Waals surface area contributed by atoms with Gasteiger partial charge in [0.05, 0.1) is 0 Å². The number of nitrogens with zero attached hydrogens (tertiary/aromatic N) is 1. The van der Waals surface area contributed by atoms with E-state index in [0.29, 0.717) is 0 Å². The monoisotopic (exact) mass is 735 g/mol. The second-order valence-corrected chi connectivity index (χ2v) is 16.3. The molecule has 1 nitrogen and oxygen atoms in total. The molecule has 0 amide bonds. The Kier molecular flexibility index (Phi) is 7.61. The minimum atomic E-state index is 1.11. The van der Waals surface area contributed by atoms with E-state index in [0.717, 1.165) is 17.1 Å². The van der Waals surface area contributed by atoms with Crippen molar-refractivity contribution in [2.45, 2.75) is 0 Å². The number of hydrogen-bond donors (Lipinski definition) is 0. The Morgan fingerprint density at radius 1 is 0.291 bits per heavy atom. The summed E-state index contributed by atoms with van der Waals surface area (Å²) >= 11 is 3.73. The molecule has 11 aromatic rings. The molecule has 0 bridgehead atoms. The van der Waals surface area contributed by atoms with Crippen molar-refractivity contribution in [1.82, 2.24) is 0 Å². The van der Waals surface area contributed by atoms with Gasteiger partial charge in [-0.15, -0.1) is 22.7 Å². The largest absolute Gasteiger partial charge is 0.310 e. The summed E-state index contributed by atoms with van der Waals surface area (Å²) in [5.41, 5.74) is 10.7. The molecule has 0 N–H and O–H groups in total. The van der Waals surface area contributed by atoms with E-state index in [-0.39, 0.29) is 0 Å². The zero-order valence-electron chi connectivity index (χ0n) is 29.8. The lowest BCUT2D eigenvalue weighted by molar-refractivity contribution is 1.28. The molecule has 0 saturated carbocycles. The molecule has 11 rings (SSSR count). The van der Waals surface area contributed by atoms with Gasteiger partial charge >= 0.3 is 0 Å². The zero-order valence-corrected chi connectivity index (χ0v) is 31.4. The molecular formula is C52H33NS2. The van der Waals surface area contributed by atoms with Crippen molar-refractivity contribution in [3.8, 4) is 33.4 Å². The molecule has 0 radical (unpaired) electrons. The summed E-state index contributed by atoms with van der Waals surface area (Å²) in [4.78, 5) is 2.41. The van der Waals surface area contributed by atoms with Crippen molar-refractivity contribution in [1.29, 1.82) is 0 Å². The fraction of sp³-hybridized carbons (Fsp3) is 0. The van der Waals surface area contributed by atoms with Crippen LogP contribution in [0.2, 0.25) is 0 Å². The second-order valence-electron chi connectivity index (χ2n) is 14.1. The van der Waals surface area contributed by atoms with Crippen molar-refractivity contribution in [2.24, 2.45) is 0 Å². The highest BCUT2D eigenvalue weighted by molar-refractivity contribution is 7.26. The first-order chi connectivity index (χ1) is 27.2. The van der Waals surface area contributed by atoms with E-state index in [9.17, 15) is 0 Å². The summed E-state index contributed by atoms with van der Waals surface area (Å²) in [5, 5.41) is 7.80. The van der Waals surface area contributed by atoms with Crippen LogP contribution in [0.3, 0.4) is 0 Å². The highest BCUT2D eigenvalue weighted by atomic mass is 32.1. The van der Waals surface area contributed by atoms with Gasteiger partial charge in [-0.25, -0.2) is 0 Å². The van der Waals surface area contributed by atoms with Gasteiger partial charge in [-0.05, 0) is 105 Å². The highest BCUT2D eigenvalue weighted by Crippen LogP contribution is 2.44. The normalized spacial score (nSPS) is 11.6. The third kappa shape index (κ3) is 5.51. The van der Waals surface area contributed by atoms with Gasteiger partial charge in [0.2, 0.25) is 0 Å². The van der Waals surface area contributed by atoms with Crippen molar-refractivity contribution >= 4 is 90.9 Å². The number of thiophene rings is 2. The van der Waals surface area contributed by atoms with Gasteiger partial charge in [0.25, 0.3) is 0 Å². The van der Waals surface area contributed by atoms with Crippen LogP contribution in [0.25, 0.3) is 84.5 Å². The topological polar surface area (TPSA) is 3.24 Å². The van der Waals surface area contributed by atoms with Gasteiger partial charge in [0.1, 0.15) is 0 Å². The van der Waals surface area contributed by atoms with Gasteiger partial charge in [0.15, 0.2) is 0 Å². The quantitative estimate of drug-likeness (QED) is 0.164. The minimum Gasteiger partial charge on any atom is -0.310 e. The van der Waals surface area contributed by atoms with E-state index in [2.05, 4.69) is 205 Å². The second kappa shape index (κ2) is 13.1. The molecule has 0 aliphatic carbocycles. The Morgan fingerprint density at radius 3 is 1.67 bits per heavy atom. The fourth-order valence-corrected chi connectivity index (χ4v) is 10.5. The van der Waals surface area contributed by atoms with E-state index in [1.165, 1.54) is 84.5 Å². The molecule has 0 fully saturated rings. The number of hydrogen-bond acceptors (Lipinski definition) is 3. The molecule has 3 heteroatoms. The van der Waals surface area contributed by atoms with Crippen LogP contribution in [-0.2, 0) is 0 Å². The molecule has 2 aromatic heterocycles. The van der Waals surface area contributed by atoms with Gasteiger partial charge in [-0.1, -0.05) is 140 Å². The fourth-order valence-electron chi connectivity index (χ4n) is 8.27. The molecule has 0 spiro atoms. The molecule has 55 heavy (non-hydrogen) atoms. The SMILES string of the molecule is c1cc(-c2ccc3c(c2)sc2ccccc23)cc(N(c2ccc(-c3cccc4ccccc34)cc2)c2cccc(-c3cccc4sc5ccccc5c34)c2)c1. The summed E-state index contributed by atoms with van der Waals surface area (Å²) in [6.07, 6.45) is 0. The smallest absolute Gasteiger partial charge is 0.0467 e. The van der Waals surface area contributed by atoms with Gasteiger partial charge < -0.3 is 4.90 Å². The van der Waals surface area contributed by atoms with Crippen molar-refractivity contribution in [3.63, 3.8) is 0 Å². The van der Waals surface area contributed by atoms with Crippen molar-refractivity contribution < 1.29 is 0 Å². The van der Waals surface area contributed by atoms with Crippen LogP contribution >= 0.6 is 22.7 Å². The van der Waals surface area contributed by atoms with Crippen molar-refractivity contribution in [3.05, 3.63) is 200 Å². The van der Waals surface area contributed by atoms with E-state index in [1.807, 2.05) is 22.7 Å². The van der Waals surface area contributed by atoms with Crippen LogP contribution in [0.5, 0.6) is 0 Å². The maximum Gasteiger partial charge on any atom is 0.0467 e. The van der Waals surface area contributed by atoms with E-state index < -0.39 is 0 Å². The average molecular weight is 736 g/mol. The molecule has 9 aromatic carbocycles. The lowest BCUT2D eigenvalue weighted by atomic mass is 9.97. The van der Waals surface area contributed by atoms with Crippen molar-refractivity contribution in [2.75, 3.05) is 4.90 Å². The predicted octanol–water partition coefficient (Wildman–Crippen LogP) is 16.0. The molecule has 0 aliphatic rings. The van der Waals surface area contributed by atoms with Gasteiger partial charge in [-0.3, -0.25) is 0 Å². The maximum absolute atomic E-state index is 2.41. The van der Waals surface area contributed by atoms with E-state index in [4.69, 9.17) is 0 Å². The average Bonchev–Trinajstić information content (AvgIpc) is 3.82. The van der Waals surface area contributed by atoms with Crippen LogP contribution < -0.4 is 4.90 Å². The molecule has 0 unspecified atom stereocenters. The van der Waals surface area contributed by atoms with E-state index in [1.54, 1.807) is 0 Å². The lowest BCUT2D eigenvalue weighted by Crippen LogP contribution is -2.10. The van der Waals surface area contributed by atoms with Crippen LogP contribution in [0.4, 0.5) is 17.1 Å². The Bertz CT molecular complexity index is 3220. The number of benzene rings is 9. The number of fused-ring (bicyclic) bond motifs is 7. The third-order valence-corrected chi connectivity index (χ3v) is 13.1. The number of anilines is 3. The molecule has 258 valence electrons.